The molecule has 0 saturated carbocycles. The predicted molar refractivity (Wildman–Crippen MR) is 74.1 cm³/mol. The van der Waals surface area contributed by atoms with Crippen LogP contribution in [0.1, 0.15) is 13.3 Å². The molecule has 0 spiro atoms. The second-order valence-corrected chi connectivity index (χ2v) is 4.95. The van der Waals surface area contributed by atoms with Gasteiger partial charge in [0.15, 0.2) is 6.10 Å². The number of carboxylic acids is 1. The van der Waals surface area contributed by atoms with Crippen LogP contribution in [0.5, 0.6) is 5.75 Å². The Hall–Kier alpha value is -1.56. The largest absolute Gasteiger partial charge is 0.481 e. The summed E-state index contributed by atoms with van der Waals surface area (Å²) in [6.45, 7) is 1.80. The second-order valence-electron chi connectivity index (χ2n) is 4.09. The summed E-state index contributed by atoms with van der Waals surface area (Å²) in [7, 11) is 1.56. The molecule has 0 aliphatic rings. The summed E-state index contributed by atoms with van der Waals surface area (Å²) in [5.74, 6) is -0.606. The molecule has 1 N–H and O–H groups in total. The molecule has 1 rings (SSSR count). The van der Waals surface area contributed by atoms with Crippen LogP contribution in [0.3, 0.4) is 0 Å². The first-order valence-electron chi connectivity index (χ1n) is 5.79. The summed E-state index contributed by atoms with van der Waals surface area (Å²) in [6.07, 6.45) is -0.748. The van der Waals surface area contributed by atoms with Crippen molar-refractivity contribution in [2.45, 2.75) is 19.4 Å². The number of likely N-dealkylation sites (N-methyl/N-ethyl adjacent to an activating group) is 1. The minimum atomic E-state index is -0.931. The highest BCUT2D eigenvalue weighted by Crippen LogP contribution is 2.25. The van der Waals surface area contributed by atoms with Gasteiger partial charge in [-0.1, -0.05) is 12.1 Å². The molecule has 6 heteroatoms. The van der Waals surface area contributed by atoms with E-state index in [9.17, 15) is 9.59 Å². The Balaban J connectivity index is 2.57. The first-order chi connectivity index (χ1) is 8.91. The van der Waals surface area contributed by atoms with Gasteiger partial charge in [-0.3, -0.25) is 9.59 Å². The standard InChI is InChI=1S/C13H16BrNO4/c1-9(13(18)15(2)8-7-12(16)17)19-11-6-4-3-5-10(11)14/h3-6,9H,7-8H2,1-2H3,(H,16,17). The first kappa shape index (κ1) is 15.5. The molecule has 1 amide bonds. The number of carbonyl (C=O) groups is 2. The molecular weight excluding hydrogens is 314 g/mol. The number of aliphatic carboxylic acids is 1. The van der Waals surface area contributed by atoms with Gasteiger partial charge in [0.2, 0.25) is 0 Å². The van der Waals surface area contributed by atoms with Crippen molar-refractivity contribution < 1.29 is 19.4 Å². The molecule has 0 bridgehead atoms. The van der Waals surface area contributed by atoms with Crippen molar-refractivity contribution in [3.05, 3.63) is 28.7 Å². The van der Waals surface area contributed by atoms with E-state index in [0.717, 1.165) is 4.47 Å². The van der Waals surface area contributed by atoms with E-state index < -0.39 is 12.1 Å². The van der Waals surface area contributed by atoms with E-state index in [1.54, 1.807) is 20.0 Å². The van der Waals surface area contributed by atoms with Crippen LogP contribution in [0.15, 0.2) is 28.7 Å². The van der Waals surface area contributed by atoms with Crippen molar-refractivity contribution in [1.29, 1.82) is 0 Å². The van der Waals surface area contributed by atoms with E-state index in [4.69, 9.17) is 9.84 Å². The smallest absolute Gasteiger partial charge is 0.305 e. The fraction of sp³-hybridized carbons (Fsp3) is 0.385. The molecule has 0 heterocycles. The third-order valence-electron chi connectivity index (χ3n) is 2.53. The molecule has 0 radical (unpaired) electrons. The highest BCUT2D eigenvalue weighted by Gasteiger charge is 2.20. The number of para-hydroxylation sites is 1. The van der Waals surface area contributed by atoms with Gasteiger partial charge in [-0.05, 0) is 35.0 Å². The lowest BCUT2D eigenvalue weighted by Crippen LogP contribution is -2.39. The van der Waals surface area contributed by atoms with E-state index in [1.165, 1.54) is 4.90 Å². The van der Waals surface area contributed by atoms with Gasteiger partial charge in [-0.25, -0.2) is 0 Å². The molecular formula is C13H16BrNO4. The van der Waals surface area contributed by atoms with Crippen LogP contribution in [-0.4, -0.2) is 41.6 Å². The van der Waals surface area contributed by atoms with E-state index in [1.807, 2.05) is 18.2 Å². The maximum Gasteiger partial charge on any atom is 0.305 e. The topological polar surface area (TPSA) is 66.8 Å². The van der Waals surface area contributed by atoms with Crippen molar-refractivity contribution in [3.63, 3.8) is 0 Å². The predicted octanol–water partition coefficient (Wildman–Crippen LogP) is 2.15. The maximum atomic E-state index is 12.0. The highest BCUT2D eigenvalue weighted by molar-refractivity contribution is 9.10. The molecule has 0 aliphatic heterocycles. The average molecular weight is 330 g/mol. The number of ether oxygens (including phenoxy) is 1. The van der Waals surface area contributed by atoms with Crippen molar-refractivity contribution in [2.24, 2.45) is 0 Å². The first-order valence-corrected chi connectivity index (χ1v) is 6.59. The molecule has 19 heavy (non-hydrogen) atoms. The minimum Gasteiger partial charge on any atom is -0.481 e. The lowest BCUT2D eigenvalue weighted by molar-refractivity contribution is -0.140. The Labute approximate surface area is 120 Å². The average Bonchev–Trinajstić information content (AvgIpc) is 2.37. The van der Waals surface area contributed by atoms with Crippen LogP contribution in [-0.2, 0) is 9.59 Å². The van der Waals surface area contributed by atoms with E-state index in [2.05, 4.69) is 15.9 Å². The van der Waals surface area contributed by atoms with E-state index in [0.29, 0.717) is 5.75 Å². The molecule has 0 saturated heterocycles. The number of amides is 1. The number of rotatable bonds is 6. The number of halogens is 1. The molecule has 1 aromatic carbocycles. The number of nitrogens with zero attached hydrogens (tertiary/aromatic N) is 1. The number of carbonyl (C=O) groups excluding carboxylic acids is 1. The van der Waals surface area contributed by atoms with E-state index >= 15 is 0 Å². The zero-order valence-electron chi connectivity index (χ0n) is 10.8. The Bertz CT molecular complexity index is 464. The molecule has 5 nitrogen and oxygen atoms in total. The van der Waals surface area contributed by atoms with Gasteiger partial charge in [0, 0.05) is 13.6 Å². The lowest BCUT2D eigenvalue weighted by atomic mass is 10.3. The SMILES string of the molecule is CC(Oc1ccccc1Br)C(=O)N(C)CCC(=O)O. The van der Waals surface area contributed by atoms with Crippen molar-refractivity contribution >= 4 is 27.8 Å². The van der Waals surface area contributed by atoms with Gasteiger partial charge >= 0.3 is 5.97 Å². The molecule has 0 aliphatic carbocycles. The molecule has 1 aromatic rings. The van der Waals surface area contributed by atoms with Gasteiger partial charge in [-0.15, -0.1) is 0 Å². The van der Waals surface area contributed by atoms with E-state index in [-0.39, 0.29) is 18.9 Å². The summed E-state index contributed by atoms with van der Waals surface area (Å²) >= 11 is 3.33. The van der Waals surface area contributed by atoms with Crippen LogP contribution in [0.4, 0.5) is 0 Å². The fourth-order valence-corrected chi connectivity index (χ4v) is 1.84. The second kappa shape index (κ2) is 7.13. The van der Waals surface area contributed by atoms with Gasteiger partial charge in [0.25, 0.3) is 5.91 Å². The maximum absolute atomic E-state index is 12.0. The van der Waals surface area contributed by atoms with Gasteiger partial charge in [0.1, 0.15) is 5.75 Å². The third kappa shape index (κ3) is 4.90. The van der Waals surface area contributed by atoms with Gasteiger partial charge in [-0.2, -0.15) is 0 Å². The lowest BCUT2D eigenvalue weighted by Gasteiger charge is -2.21. The molecule has 104 valence electrons. The minimum absolute atomic E-state index is 0.0794. The number of hydrogen-bond donors (Lipinski definition) is 1. The summed E-state index contributed by atoms with van der Waals surface area (Å²) in [6, 6.07) is 7.24. The highest BCUT2D eigenvalue weighted by atomic mass is 79.9. The molecule has 0 fully saturated rings. The van der Waals surface area contributed by atoms with Crippen molar-refractivity contribution in [2.75, 3.05) is 13.6 Å². The summed E-state index contributed by atoms with van der Waals surface area (Å²) in [5, 5.41) is 8.58. The molecule has 1 unspecified atom stereocenters. The zero-order valence-corrected chi connectivity index (χ0v) is 12.4. The summed E-state index contributed by atoms with van der Waals surface area (Å²) < 4.78 is 6.32. The van der Waals surface area contributed by atoms with Crippen LogP contribution >= 0.6 is 15.9 Å². The molecule has 1 atom stereocenters. The summed E-state index contributed by atoms with van der Waals surface area (Å²) in [4.78, 5) is 23.8. The Morgan fingerprint density at radius 1 is 1.42 bits per heavy atom. The molecule has 0 aromatic heterocycles. The third-order valence-corrected chi connectivity index (χ3v) is 3.18. The number of hydrogen-bond acceptors (Lipinski definition) is 3. The normalized spacial score (nSPS) is 11.7. The van der Waals surface area contributed by atoms with Crippen LogP contribution in [0.2, 0.25) is 0 Å². The van der Waals surface area contributed by atoms with Gasteiger partial charge < -0.3 is 14.7 Å². The van der Waals surface area contributed by atoms with Crippen LogP contribution < -0.4 is 4.74 Å². The monoisotopic (exact) mass is 329 g/mol. The quantitative estimate of drug-likeness (QED) is 0.868. The van der Waals surface area contributed by atoms with Crippen molar-refractivity contribution in [3.8, 4) is 5.75 Å². The zero-order chi connectivity index (χ0) is 14.4. The Morgan fingerprint density at radius 2 is 2.05 bits per heavy atom. The number of carboxylic acid groups (broad SMARTS) is 1. The fourth-order valence-electron chi connectivity index (χ4n) is 1.47. The van der Waals surface area contributed by atoms with Crippen LogP contribution in [0, 0.1) is 0 Å². The Kier molecular flexibility index (Phi) is 5.82. The Morgan fingerprint density at radius 3 is 2.63 bits per heavy atom. The van der Waals surface area contributed by atoms with Gasteiger partial charge in [0.05, 0.1) is 10.9 Å². The van der Waals surface area contributed by atoms with Crippen molar-refractivity contribution in [1.82, 2.24) is 4.90 Å². The number of benzene rings is 1. The summed E-state index contributed by atoms with van der Waals surface area (Å²) in [5.41, 5.74) is 0. The van der Waals surface area contributed by atoms with Crippen LogP contribution in [0.25, 0.3) is 0 Å².